The largest absolute Gasteiger partial charge is 0.357 e. The average molecular weight is 329 g/mol. The van der Waals surface area contributed by atoms with Gasteiger partial charge in [-0.2, -0.15) is 0 Å². The Bertz CT molecular complexity index is 559. The molecule has 1 aromatic rings. The second kappa shape index (κ2) is 9.42. The van der Waals surface area contributed by atoms with Crippen LogP contribution in [0.15, 0.2) is 35.5 Å². The summed E-state index contributed by atoms with van der Waals surface area (Å²) in [5.74, 6) is 0.890. The number of aliphatic imine (C=N–C) groups is 1. The molecule has 0 unspecified atom stereocenters. The Labute approximate surface area is 146 Å². The van der Waals surface area contributed by atoms with Crippen LogP contribution in [0.1, 0.15) is 37.9 Å². The molecule has 2 rings (SSSR count). The van der Waals surface area contributed by atoms with E-state index in [0.29, 0.717) is 12.6 Å². The van der Waals surface area contributed by atoms with Crippen LogP contribution in [0.2, 0.25) is 0 Å². The van der Waals surface area contributed by atoms with Gasteiger partial charge in [-0.15, -0.1) is 0 Å². The van der Waals surface area contributed by atoms with Crippen molar-refractivity contribution in [2.45, 2.75) is 46.2 Å². The maximum atomic E-state index is 4.71. The predicted molar refractivity (Wildman–Crippen MR) is 101 cm³/mol. The number of pyridine rings is 1. The molecule has 0 amide bonds. The number of likely N-dealkylation sites (tertiary alicyclic amines) is 1. The highest BCUT2D eigenvalue weighted by Gasteiger charge is 2.19. The van der Waals surface area contributed by atoms with Crippen molar-refractivity contribution in [3.63, 3.8) is 0 Å². The molecular formula is C19H31N5. The number of rotatable bonds is 6. The summed E-state index contributed by atoms with van der Waals surface area (Å²) in [6.07, 6.45) is 4.11. The van der Waals surface area contributed by atoms with E-state index in [9.17, 15) is 0 Å². The van der Waals surface area contributed by atoms with E-state index in [0.717, 1.165) is 50.7 Å². The van der Waals surface area contributed by atoms with E-state index in [2.05, 4.69) is 53.9 Å². The highest BCUT2D eigenvalue weighted by atomic mass is 15.2. The predicted octanol–water partition coefficient (Wildman–Crippen LogP) is 2.49. The zero-order chi connectivity index (χ0) is 17.4. The number of aryl methyl sites for hydroxylation is 1. The van der Waals surface area contributed by atoms with Crippen LogP contribution in [0, 0.1) is 6.92 Å². The van der Waals surface area contributed by atoms with Gasteiger partial charge < -0.3 is 10.6 Å². The van der Waals surface area contributed by atoms with Gasteiger partial charge in [0.15, 0.2) is 5.96 Å². The van der Waals surface area contributed by atoms with E-state index in [1.807, 2.05) is 12.3 Å². The molecule has 1 aliphatic rings. The van der Waals surface area contributed by atoms with Crippen LogP contribution in [-0.4, -0.2) is 48.1 Å². The van der Waals surface area contributed by atoms with Gasteiger partial charge in [0.1, 0.15) is 0 Å². The first-order chi connectivity index (χ1) is 11.6. The second-order valence-electron chi connectivity index (χ2n) is 6.61. The minimum atomic E-state index is 0.481. The molecule has 0 bridgehead atoms. The molecule has 1 saturated heterocycles. The lowest BCUT2D eigenvalue weighted by Crippen LogP contribution is -2.48. The Kier molecular flexibility index (Phi) is 7.25. The van der Waals surface area contributed by atoms with Crippen LogP contribution < -0.4 is 10.6 Å². The lowest BCUT2D eigenvalue weighted by molar-refractivity contribution is 0.221. The van der Waals surface area contributed by atoms with E-state index >= 15 is 0 Å². The molecule has 1 aliphatic heterocycles. The second-order valence-corrected chi connectivity index (χ2v) is 6.61. The first-order valence-corrected chi connectivity index (χ1v) is 8.90. The lowest BCUT2D eigenvalue weighted by atomic mass is 10.0. The van der Waals surface area contributed by atoms with Crippen LogP contribution in [-0.2, 0) is 6.54 Å². The average Bonchev–Trinajstić information content (AvgIpc) is 2.55. The summed E-state index contributed by atoms with van der Waals surface area (Å²) in [6, 6.07) is 4.52. The topological polar surface area (TPSA) is 52.5 Å². The van der Waals surface area contributed by atoms with Gasteiger partial charge in [-0.1, -0.05) is 18.2 Å². The van der Waals surface area contributed by atoms with Crippen molar-refractivity contribution < 1.29 is 0 Å². The minimum absolute atomic E-state index is 0.481. The van der Waals surface area contributed by atoms with Crippen molar-refractivity contribution in [3.8, 4) is 0 Å². The van der Waals surface area contributed by atoms with Crippen LogP contribution in [0.3, 0.4) is 0 Å². The summed E-state index contributed by atoms with van der Waals surface area (Å²) in [4.78, 5) is 11.6. The number of nitrogens with one attached hydrogen (secondary N) is 2. The van der Waals surface area contributed by atoms with Crippen LogP contribution >= 0.6 is 0 Å². The molecule has 5 heteroatoms. The number of piperidine rings is 1. The molecule has 0 atom stereocenters. The third-order valence-electron chi connectivity index (χ3n) is 4.27. The standard InChI is InChI=1S/C19H31N5/c1-5-20-19(22-13-18-16(4)7-6-10-21-18)23-17-8-11-24(12-9-17)14-15(2)3/h6-7,10,17H,2,5,8-9,11-14H2,1,3-4H3,(H2,20,22,23). The van der Waals surface area contributed by atoms with Crippen molar-refractivity contribution in [3.05, 3.63) is 41.7 Å². The normalized spacial score (nSPS) is 16.9. The smallest absolute Gasteiger partial charge is 0.191 e. The van der Waals surface area contributed by atoms with Gasteiger partial charge in [0.05, 0.1) is 12.2 Å². The summed E-state index contributed by atoms with van der Waals surface area (Å²) in [5, 5.41) is 6.93. The van der Waals surface area contributed by atoms with Gasteiger partial charge in [-0.25, -0.2) is 4.99 Å². The van der Waals surface area contributed by atoms with Gasteiger partial charge in [-0.05, 0) is 45.2 Å². The van der Waals surface area contributed by atoms with Gasteiger partial charge in [0.2, 0.25) is 0 Å². The van der Waals surface area contributed by atoms with E-state index in [4.69, 9.17) is 4.99 Å². The van der Waals surface area contributed by atoms with Gasteiger partial charge in [-0.3, -0.25) is 9.88 Å². The molecule has 0 aromatic carbocycles. The Hall–Kier alpha value is -1.88. The van der Waals surface area contributed by atoms with Gasteiger partial charge in [0.25, 0.3) is 0 Å². The SMILES string of the molecule is C=C(C)CN1CCC(NC(=NCc2ncccc2C)NCC)CC1. The Morgan fingerprint density at radius 2 is 2.17 bits per heavy atom. The molecule has 0 spiro atoms. The van der Waals surface area contributed by atoms with Crippen molar-refractivity contribution >= 4 is 5.96 Å². The highest BCUT2D eigenvalue weighted by molar-refractivity contribution is 5.80. The van der Waals surface area contributed by atoms with E-state index in [1.165, 1.54) is 11.1 Å². The molecule has 2 N–H and O–H groups in total. The molecule has 2 heterocycles. The fourth-order valence-electron chi connectivity index (χ4n) is 2.97. The first kappa shape index (κ1) is 18.5. The first-order valence-electron chi connectivity index (χ1n) is 8.90. The number of hydrogen-bond acceptors (Lipinski definition) is 3. The maximum absolute atomic E-state index is 4.71. The minimum Gasteiger partial charge on any atom is -0.357 e. The van der Waals surface area contributed by atoms with E-state index in [1.54, 1.807) is 0 Å². The van der Waals surface area contributed by atoms with Crippen LogP contribution in [0.4, 0.5) is 0 Å². The molecule has 132 valence electrons. The summed E-state index contributed by atoms with van der Waals surface area (Å²) in [6.45, 7) is 15.0. The molecule has 1 fully saturated rings. The van der Waals surface area contributed by atoms with Crippen molar-refractivity contribution in [1.82, 2.24) is 20.5 Å². The van der Waals surface area contributed by atoms with E-state index < -0.39 is 0 Å². The Morgan fingerprint density at radius 3 is 2.79 bits per heavy atom. The van der Waals surface area contributed by atoms with Gasteiger partial charge >= 0.3 is 0 Å². The number of aromatic nitrogens is 1. The Balaban J connectivity index is 1.88. The van der Waals surface area contributed by atoms with Crippen molar-refractivity contribution in [1.29, 1.82) is 0 Å². The molecule has 5 nitrogen and oxygen atoms in total. The molecule has 0 radical (unpaired) electrons. The number of guanidine groups is 1. The van der Waals surface area contributed by atoms with Crippen molar-refractivity contribution in [2.24, 2.45) is 4.99 Å². The molecule has 0 saturated carbocycles. The summed E-state index contributed by atoms with van der Waals surface area (Å²) < 4.78 is 0. The zero-order valence-electron chi connectivity index (χ0n) is 15.3. The monoisotopic (exact) mass is 329 g/mol. The number of hydrogen-bond donors (Lipinski definition) is 2. The fourth-order valence-corrected chi connectivity index (χ4v) is 2.97. The number of nitrogens with zero attached hydrogens (tertiary/aromatic N) is 3. The quantitative estimate of drug-likeness (QED) is 0.478. The summed E-state index contributed by atoms with van der Waals surface area (Å²) >= 11 is 0. The third kappa shape index (κ3) is 5.96. The highest BCUT2D eigenvalue weighted by Crippen LogP contribution is 2.11. The summed E-state index contributed by atoms with van der Waals surface area (Å²) in [7, 11) is 0. The van der Waals surface area contributed by atoms with Crippen molar-refractivity contribution in [2.75, 3.05) is 26.2 Å². The van der Waals surface area contributed by atoms with Crippen LogP contribution in [0.5, 0.6) is 0 Å². The molecule has 1 aromatic heterocycles. The van der Waals surface area contributed by atoms with Gasteiger partial charge in [0, 0.05) is 38.4 Å². The molecule has 0 aliphatic carbocycles. The lowest BCUT2D eigenvalue weighted by Gasteiger charge is -2.33. The summed E-state index contributed by atoms with van der Waals surface area (Å²) in [5.41, 5.74) is 3.46. The molecule has 24 heavy (non-hydrogen) atoms. The molecular weight excluding hydrogens is 298 g/mol. The van der Waals surface area contributed by atoms with Crippen LogP contribution in [0.25, 0.3) is 0 Å². The zero-order valence-corrected chi connectivity index (χ0v) is 15.3. The third-order valence-corrected chi connectivity index (χ3v) is 4.27. The Morgan fingerprint density at radius 1 is 1.42 bits per heavy atom. The van der Waals surface area contributed by atoms with E-state index in [-0.39, 0.29) is 0 Å². The fraction of sp³-hybridized carbons (Fsp3) is 0.579. The maximum Gasteiger partial charge on any atom is 0.191 e.